The van der Waals surface area contributed by atoms with E-state index in [0.717, 1.165) is 0 Å². The molecule has 0 amide bonds. The highest BCUT2D eigenvalue weighted by molar-refractivity contribution is 8.75. The van der Waals surface area contributed by atoms with Gasteiger partial charge in [-0.25, -0.2) is 0 Å². The predicted molar refractivity (Wildman–Crippen MR) is 44.1 cm³/mol. The lowest BCUT2D eigenvalue weighted by Crippen LogP contribution is -1.70. The molecule has 1 nitrogen and oxygen atoms in total. The third-order valence-electron chi connectivity index (χ3n) is 0.888. The van der Waals surface area contributed by atoms with E-state index in [4.69, 9.17) is 5.14 Å². The zero-order valence-electron chi connectivity index (χ0n) is 4.78. The van der Waals surface area contributed by atoms with Crippen molar-refractivity contribution in [2.45, 2.75) is 4.90 Å². The molecule has 0 unspecified atom stereocenters. The van der Waals surface area contributed by atoms with Gasteiger partial charge in [-0.15, -0.1) is 0 Å². The molecule has 1 aromatic carbocycles. The normalized spacial score (nSPS) is 9.44. The van der Waals surface area contributed by atoms with Crippen molar-refractivity contribution in [3.63, 3.8) is 0 Å². The number of nitrogens with two attached hydrogens (primary N) is 1. The molecule has 0 aliphatic heterocycles. The second kappa shape index (κ2) is 3.82. The van der Waals surface area contributed by atoms with Crippen LogP contribution >= 0.6 is 21.8 Å². The maximum atomic E-state index is 5.24. The monoisotopic (exact) mass is 157 g/mol. The summed E-state index contributed by atoms with van der Waals surface area (Å²) in [4.78, 5) is 1.20. The van der Waals surface area contributed by atoms with Gasteiger partial charge < -0.3 is 0 Å². The molecule has 9 heavy (non-hydrogen) atoms. The van der Waals surface area contributed by atoms with Gasteiger partial charge in [-0.1, -0.05) is 18.2 Å². The standard InChI is InChI=1S/C6H7NS2/c7-9-8-6-4-2-1-3-5-6/h1-5H,7H2. The average Bonchev–Trinajstić information content (AvgIpc) is 1.91. The molecule has 2 N–H and O–H groups in total. The molecule has 0 radical (unpaired) electrons. The summed E-state index contributed by atoms with van der Waals surface area (Å²) in [6, 6.07) is 10.1. The summed E-state index contributed by atoms with van der Waals surface area (Å²) >= 11 is 0. The van der Waals surface area contributed by atoms with Gasteiger partial charge in [-0.2, -0.15) is 0 Å². The Morgan fingerprint density at radius 2 is 1.78 bits per heavy atom. The van der Waals surface area contributed by atoms with E-state index in [9.17, 15) is 0 Å². The molecule has 0 saturated carbocycles. The topological polar surface area (TPSA) is 26.0 Å². The third-order valence-corrected chi connectivity index (χ3v) is 2.31. The predicted octanol–water partition coefficient (Wildman–Crippen LogP) is 2.30. The Balaban J connectivity index is 2.61. The molecule has 0 fully saturated rings. The Bertz CT molecular complexity index is 164. The van der Waals surface area contributed by atoms with E-state index in [0.29, 0.717) is 0 Å². The second-order valence-electron chi connectivity index (χ2n) is 1.49. The Hall–Kier alpha value is -0.120. The number of hydrogen-bond acceptors (Lipinski definition) is 3. The Morgan fingerprint density at radius 3 is 2.33 bits per heavy atom. The lowest BCUT2D eigenvalue weighted by Gasteiger charge is -1.92. The zero-order chi connectivity index (χ0) is 6.53. The molecular formula is C6H7NS2. The number of rotatable bonds is 2. The van der Waals surface area contributed by atoms with Gasteiger partial charge in [-0.3, -0.25) is 5.14 Å². The van der Waals surface area contributed by atoms with Crippen molar-refractivity contribution in [1.29, 1.82) is 0 Å². The van der Waals surface area contributed by atoms with Crippen molar-refractivity contribution in [2.75, 3.05) is 0 Å². The van der Waals surface area contributed by atoms with E-state index >= 15 is 0 Å². The fourth-order valence-electron chi connectivity index (χ4n) is 0.532. The van der Waals surface area contributed by atoms with Crippen molar-refractivity contribution >= 4 is 21.8 Å². The number of hydrogen-bond donors (Lipinski definition) is 1. The molecule has 0 spiro atoms. The summed E-state index contributed by atoms with van der Waals surface area (Å²) < 4.78 is 0. The Kier molecular flexibility index (Phi) is 2.97. The van der Waals surface area contributed by atoms with E-state index in [1.807, 2.05) is 30.3 Å². The quantitative estimate of drug-likeness (QED) is 0.527. The first-order valence-corrected chi connectivity index (χ1v) is 4.73. The van der Waals surface area contributed by atoms with E-state index in [2.05, 4.69) is 0 Å². The highest BCUT2D eigenvalue weighted by Gasteiger charge is 1.86. The van der Waals surface area contributed by atoms with Crippen LogP contribution in [0.2, 0.25) is 0 Å². The highest BCUT2D eigenvalue weighted by atomic mass is 33.1. The van der Waals surface area contributed by atoms with Crippen LogP contribution in [0.15, 0.2) is 35.2 Å². The summed E-state index contributed by atoms with van der Waals surface area (Å²) in [7, 11) is 2.84. The molecule has 0 atom stereocenters. The van der Waals surface area contributed by atoms with Crippen LogP contribution in [0.4, 0.5) is 0 Å². The number of benzene rings is 1. The van der Waals surface area contributed by atoms with E-state index in [1.54, 1.807) is 10.8 Å². The Labute approximate surface area is 62.6 Å². The maximum Gasteiger partial charge on any atom is 0.0195 e. The Morgan fingerprint density at radius 1 is 1.11 bits per heavy atom. The van der Waals surface area contributed by atoms with Gasteiger partial charge in [-0.05, 0) is 33.9 Å². The fraction of sp³-hybridized carbons (Fsp3) is 0. The average molecular weight is 157 g/mol. The minimum atomic E-state index is 1.20. The van der Waals surface area contributed by atoms with Crippen LogP contribution in [0.1, 0.15) is 0 Å². The van der Waals surface area contributed by atoms with E-state index < -0.39 is 0 Å². The molecular weight excluding hydrogens is 150 g/mol. The van der Waals surface area contributed by atoms with Gasteiger partial charge in [0.1, 0.15) is 0 Å². The SMILES string of the molecule is NSSc1ccccc1. The van der Waals surface area contributed by atoms with E-state index in [1.165, 1.54) is 15.9 Å². The van der Waals surface area contributed by atoms with Gasteiger partial charge >= 0.3 is 0 Å². The van der Waals surface area contributed by atoms with Crippen LogP contribution in [-0.2, 0) is 0 Å². The molecule has 0 aliphatic rings. The smallest absolute Gasteiger partial charge is 0.0195 e. The molecule has 0 saturated heterocycles. The minimum Gasteiger partial charge on any atom is -0.268 e. The molecule has 0 aromatic heterocycles. The van der Waals surface area contributed by atoms with Crippen molar-refractivity contribution in [3.8, 4) is 0 Å². The molecule has 48 valence electrons. The molecule has 3 heteroatoms. The first-order valence-electron chi connectivity index (χ1n) is 2.52. The third kappa shape index (κ3) is 2.30. The van der Waals surface area contributed by atoms with Crippen molar-refractivity contribution in [1.82, 2.24) is 0 Å². The first kappa shape index (κ1) is 6.99. The highest BCUT2D eigenvalue weighted by Crippen LogP contribution is 2.24. The first-order chi connectivity index (χ1) is 4.43. The van der Waals surface area contributed by atoms with Crippen molar-refractivity contribution < 1.29 is 0 Å². The van der Waals surface area contributed by atoms with Crippen LogP contribution in [0, 0.1) is 0 Å². The van der Waals surface area contributed by atoms with Crippen molar-refractivity contribution in [3.05, 3.63) is 30.3 Å². The molecule has 1 aromatic rings. The molecule has 1 rings (SSSR count). The fourth-order valence-corrected chi connectivity index (χ4v) is 1.58. The molecule has 0 bridgehead atoms. The van der Waals surface area contributed by atoms with Crippen LogP contribution in [0.25, 0.3) is 0 Å². The minimum absolute atomic E-state index is 1.20. The summed E-state index contributed by atoms with van der Waals surface area (Å²) in [5, 5.41) is 5.24. The zero-order valence-corrected chi connectivity index (χ0v) is 6.41. The van der Waals surface area contributed by atoms with Gasteiger partial charge in [0.15, 0.2) is 0 Å². The van der Waals surface area contributed by atoms with Gasteiger partial charge in [0, 0.05) is 4.90 Å². The van der Waals surface area contributed by atoms with Crippen LogP contribution in [0.5, 0.6) is 0 Å². The van der Waals surface area contributed by atoms with Crippen LogP contribution < -0.4 is 5.14 Å². The largest absolute Gasteiger partial charge is 0.268 e. The second-order valence-corrected chi connectivity index (χ2v) is 3.40. The van der Waals surface area contributed by atoms with Gasteiger partial charge in [0.2, 0.25) is 0 Å². The van der Waals surface area contributed by atoms with Crippen molar-refractivity contribution in [2.24, 2.45) is 5.14 Å². The van der Waals surface area contributed by atoms with E-state index in [-0.39, 0.29) is 0 Å². The summed E-state index contributed by atoms with van der Waals surface area (Å²) in [5.74, 6) is 0. The lowest BCUT2D eigenvalue weighted by atomic mass is 10.4. The van der Waals surface area contributed by atoms with Gasteiger partial charge in [0.25, 0.3) is 0 Å². The summed E-state index contributed by atoms with van der Waals surface area (Å²) in [6.45, 7) is 0. The maximum absolute atomic E-state index is 5.24. The molecule has 0 heterocycles. The van der Waals surface area contributed by atoms with Crippen LogP contribution in [0.3, 0.4) is 0 Å². The van der Waals surface area contributed by atoms with Crippen LogP contribution in [-0.4, -0.2) is 0 Å². The molecule has 0 aliphatic carbocycles. The summed E-state index contributed by atoms with van der Waals surface area (Å²) in [6.07, 6.45) is 0. The summed E-state index contributed by atoms with van der Waals surface area (Å²) in [5.41, 5.74) is 0. The lowest BCUT2D eigenvalue weighted by molar-refractivity contribution is 1.48. The van der Waals surface area contributed by atoms with Gasteiger partial charge in [0.05, 0.1) is 0 Å².